The standard InChI is InChI=1S/C15H11BrN2O3/c1-2-10-4-3-5-11(8-10)18-14(19)9-17-15(20)12-6-7-13(16)21-12/h1,3-8H,9H2,(H,17,20)(H,18,19). The number of benzene rings is 1. The molecule has 0 atom stereocenters. The quantitative estimate of drug-likeness (QED) is 0.835. The number of carbonyl (C=O) groups is 2. The molecule has 1 heterocycles. The molecule has 5 nitrogen and oxygen atoms in total. The molecule has 2 rings (SSSR count). The SMILES string of the molecule is C#Cc1cccc(NC(=O)CNC(=O)c2ccc(Br)o2)c1. The highest BCUT2D eigenvalue weighted by Crippen LogP contribution is 2.13. The second-order valence-corrected chi connectivity index (χ2v) is 4.84. The largest absolute Gasteiger partial charge is 0.444 e. The van der Waals surface area contributed by atoms with Crippen molar-refractivity contribution in [2.24, 2.45) is 0 Å². The van der Waals surface area contributed by atoms with Crippen LogP contribution in [-0.2, 0) is 4.79 Å². The Morgan fingerprint density at radius 1 is 1.29 bits per heavy atom. The summed E-state index contributed by atoms with van der Waals surface area (Å²) >= 11 is 3.10. The molecule has 0 bridgehead atoms. The van der Waals surface area contributed by atoms with E-state index in [4.69, 9.17) is 10.8 Å². The van der Waals surface area contributed by atoms with Gasteiger partial charge in [-0.25, -0.2) is 0 Å². The van der Waals surface area contributed by atoms with Gasteiger partial charge in [0.05, 0.1) is 6.54 Å². The number of amides is 2. The van der Waals surface area contributed by atoms with Crippen molar-refractivity contribution in [3.63, 3.8) is 0 Å². The molecule has 0 fully saturated rings. The first-order valence-electron chi connectivity index (χ1n) is 5.98. The Labute approximate surface area is 129 Å². The second-order valence-electron chi connectivity index (χ2n) is 4.06. The zero-order valence-electron chi connectivity index (χ0n) is 10.9. The van der Waals surface area contributed by atoms with E-state index in [0.29, 0.717) is 15.9 Å². The van der Waals surface area contributed by atoms with Crippen LogP contribution in [-0.4, -0.2) is 18.4 Å². The highest BCUT2D eigenvalue weighted by Gasteiger charge is 2.11. The van der Waals surface area contributed by atoms with Crippen LogP contribution in [0.15, 0.2) is 45.5 Å². The molecule has 6 heteroatoms. The second kappa shape index (κ2) is 6.77. The van der Waals surface area contributed by atoms with Crippen molar-refractivity contribution in [2.45, 2.75) is 0 Å². The molecule has 0 unspecified atom stereocenters. The number of furan rings is 1. The lowest BCUT2D eigenvalue weighted by Gasteiger charge is -2.06. The van der Waals surface area contributed by atoms with E-state index in [2.05, 4.69) is 32.5 Å². The van der Waals surface area contributed by atoms with Crippen LogP contribution in [0.5, 0.6) is 0 Å². The summed E-state index contributed by atoms with van der Waals surface area (Å²) in [6, 6.07) is 9.98. The molecule has 0 aliphatic heterocycles. The van der Waals surface area contributed by atoms with E-state index in [1.807, 2.05) is 0 Å². The first-order chi connectivity index (χ1) is 10.1. The zero-order chi connectivity index (χ0) is 15.2. The van der Waals surface area contributed by atoms with Crippen molar-refractivity contribution in [2.75, 3.05) is 11.9 Å². The third-order valence-electron chi connectivity index (χ3n) is 2.52. The summed E-state index contributed by atoms with van der Waals surface area (Å²) in [5, 5.41) is 5.09. The molecule has 0 spiro atoms. The summed E-state index contributed by atoms with van der Waals surface area (Å²) in [6.07, 6.45) is 5.28. The minimum Gasteiger partial charge on any atom is -0.444 e. The maximum absolute atomic E-state index is 11.7. The molecule has 1 aromatic heterocycles. The van der Waals surface area contributed by atoms with Crippen LogP contribution in [0.1, 0.15) is 16.1 Å². The molecule has 0 saturated heterocycles. The van der Waals surface area contributed by atoms with Crippen molar-refractivity contribution in [3.05, 3.63) is 52.4 Å². The topological polar surface area (TPSA) is 71.3 Å². The van der Waals surface area contributed by atoms with Gasteiger partial charge in [0.2, 0.25) is 5.91 Å². The molecule has 2 N–H and O–H groups in total. The van der Waals surface area contributed by atoms with Gasteiger partial charge in [-0.05, 0) is 46.3 Å². The van der Waals surface area contributed by atoms with Gasteiger partial charge >= 0.3 is 0 Å². The lowest BCUT2D eigenvalue weighted by atomic mass is 10.2. The van der Waals surface area contributed by atoms with Crippen LogP contribution < -0.4 is 10.6 Å². The van der Waals surface area contributed by atoms with E-state index in [9.17, 15) is 9.59 Å². The highest BCUT2D eigenvalue weighted by molar-refractivity contribution is 9.10. The fraction of sp³-hybridized carbons (Fsp3) is 0.0667. The van der Waals surface area contributed by atoms with E-state index in [-0.39, 0.29) is 18.2 Å². The number of nitrogens with one attached hydrogen (secondary N) is 2. The summed E-state index contributed by atoms with van der Waals surface area (Å²) in [4.78, 5) is 23.4. The molecule has 106 valence electrons. The zero-order valence-corrected chi connectivity index (χ0v) is 12.4. The van der Waals surface area contributed by atoms with Crippen molar-refractivity contribution in [3.8, 4) is 12.3 Å². The Hall–Kier alpha value is -2.52. The number of hydrogen-bond acceptors (Lipinski definition) is 3. The number of rotatable bonds is 4. The average Bonchev–Trinajstić information content (AvgIpc) is 2.91. The van der Waals surface area contributed by atoms with Crippen LogP contribution in [0.3, 0.4) is 0 Å². The van der Waals surface area contributed by atoms with Crippen LogP contribution in [0.2, 0.25) is 0 Å². The normalized spacial score (nSPS) is 9.71. The molecule has 21 heavy (non-hydrogen) atoms. The monoisotopic (exact) mass is 346 g/mol. The summed E-state index contributed by atoms with van der Waals surface area (Å²) in [7, 11) is 0. The van der Waals surface area contributed by atoms with E-state index in [0.717, 1.165) is 0 Å². The Morgan fingerprint density at radius 3 is 2.76 bits per heavy atom. The summed E-state index contributed by atoms with van der Waals surface area (Å²) < 4.78 is 5.52. The van der Waals surface area contributed by atoms with Crippen molar-refractivity contribution >= 4 is 33.4 Å². The lowest BCUT2D eigenvalue weighted by molar-refractivity contribution is -0.115. The van der Waals surface area contributed by atoms with Gasteiger partial charge in [-0.3, -0.25) is 9.59 Å². The maximum Gasteiger partial charge on any atom is 0.287 e. The predicted octanol–water partition coefficient (Wildman–Crippen LogP) is 2.39. The fourth-order valence-electron chi connectivity index (χ4n) is 1.58. The molecule has 2 amide bonds. The van der Waals surface area contributed by atoms with E-state index in [1.165, 1.54) is 6.07 Å². The smallest absolute Gasteiger partial charge is 0.287 e. The molecule has 0 aliphatic carbocycles. The number of terminal acetylenes is 1. The Morgan fingerprint density at radius 2 is 2.10 bits per heavy atom. The van der Waals surface area contributed by atoms with Crippen molar-refractivity contribution < 1.29 is 14.0 Å². The third-order valence-corrected chi connectivity index (χ3v) is 2.95. The van der Waals surface area contributed by atoms with Crippen LogP contribution >= 0.6 is 15.9 Å². The molecular weight excluding hydrogens is 336 g/mol. The van der Waals surface area contributed by atoms with Gasteiger partial charge in [-0.15, -0.1) is 6.42 Å². The van der Waals surface area contributed by atoms with E-state index in [1.54, 1.807) is 30.3 Å². The van der Waals surface area contributed by atoms with Gasteiger partial charge in [0.25, 0.3) is 5.91 Å². The minimum atomic E-state index is -0.465. The minimum absolute atomic E-state index is 0.129. The molecular formula is C15H11BrN2O3. The van der Waals surface area contributed by atoms with E-state index >= 15 is 0 Å². The van der Waals surface area contributed by atoms with Crippen molar-refractivity contribution in [1.29, 1.82) is 0 Å². The van der Waals surface area contributed by atoms with Gasteiger partial charge in [-0.2, -0.15) is 0 Å². The number of hydrogen-bond donors (Lipinski definition) is 2. The number of anilines is 1. The molecule has 2 aromatic rings. The van der Waals surface area contributed by atoms with Gasteiger partial charge in [-0.1, -0.05) is 12.0 Å². The first kappa shape index (κ1) is 14.9. The summed E-state index contributed by atoms with van der Waals surface area (Å²) in [6.45, 7) is -0.169. The highest BCUT2D eigenvalue weighted by atomic mass is 79.9. The van der Waals surface area contributed by atoms with Gasteiger partial charge in [0, 0.05) is 11.3 Å². The fourth-order valence-corrected chi connectivity index (χ4v) is 1.88. The number of halogens is 1. The van der Waals surface area contributed by atoms with Gasteiger partial charge < -0.3 is 15.1 Å². The van der Waals surface area contributed by atoms with Crippen LogP contribution in [0, 0.1) is 12.3 Å². The van der Waals surface area contributed by atoms with Gasteiger partial charge in [0.15, 0.2) is 10.4 Å². The Bertz CT molecular complexity index is 716. The average molecular weight is 347 g/mol. The first-order valence-corrected chi connectivity index (χ1v) is 6.78. The molecule has 0 aliphatic rings. The lowest BCUT2D eigenvalue weighted by Crippen LogP contribution is -2.32. The Balaban J connectivity index is 1.87. The summed E-state index contributed by atoms with van der Waals surface area (Å²) in [5.41, 5.74) is 1.24. The van der Waals surface area contributed by atoms with E-state index < -0.39 is 5.91 Å². The van der Waals surface area contributed by atoms with Crippen LogP contribution in [0.4, 0.5) is 5.69 Å². The van der Waals surface area contributed by atoms with Crippen molar-refractivity contribution in [1.82, 2.24) is 5.32 Å². The molecule has 0 radical (unpaired) electrons. The summed E-state index contributed by atoms with van der Waals surface area (Å²) in [5.74, 6) is 1.78. The maximum atomic E-state index is 11.7. The predicted molar refractivity (Wildman–Crippen MR) is 81.7 cm³/mol. The van der Waals surface area contributed by atoms with Gasteiger partial charge in [0.1, 0.15) is 0 Å². The number of carbonyl (C=O) groups excluding carboxylic acids is 2. The van der Waals surface area contributed by atoms with Crippen LogP contribution in [0.25, 0.3) is 0 Å². The molecule has 1 aromatic carbocycles. The molecule has 0 saturated carbocycles. The Kier molecular flexibility index (Phi) is 4.80. The third kappa shape index (κ3) is 4.23.